The van der Waals surface area contributed by atoms with E-state index < -0.39 is 32.7 Å². The van der Waals surface area contributed by atoms with Crippen molar-refractivity contribution in [3.63, 3.8) is 0 Å². The van der Waals surface area contributed by atoms with Crippen LogP contribution in [-0.2, 0) is 14.8 Å². The number of likely N-dealkylation sites (tertiary alicyclic amines) is 1. The van der Waals surface area contributed by atoms with E-state index in [2.05, 4.69) is 4.90 Å². The summed E-state index contributed by atoms with van der Waals surface area (Å²) < 4.78 is 40.6. The largest absolute Gasteiger partial charge is 0.289 e. The molecule has 5 nitrogen and oxygen atoms in total. The van der Waals surface area contributed by atoms with Gasteiger partial charge in [-0.1, -0.05) is 24.4 Å². The number of hydrogen-bond acceptors (Lipinski definition) is 4. The summed E-state index contributed by atoms with van der Waals surface area (Å²) in [5.74, 6) is -1.55. The first kappa shape index (κ1) is 17.6. The monoisotopic (exact) mass is 374 g/mol. The number of halogens is 2. The molecule has 1 aliphatic heterocycles. The van der Waals surface area contributed by atoms with E-state index in [0.29, 0.717) is 12.5 Å². The van der Waals surface area contributed by atoms with Gasteiger partial charge in [0.05, 0.1) is 6.04 Å². The van der Waals surface area contributed by atoms with E-state index in [1.807, 2.05) is 4.72 Å². The number of sulfonamides is 1. The number of amides is 1. The van der Waals surface area contributed by atoms with E-state index >= 15 is 0 Å². The third kappa shape index (κ3) is 3.58. The SMILES string of the molecule is O=C(NS(=O)(=O)c1ccc(Cl)cc1F)[C@H]1CCCN1C1CCCC1. The Morgan fingerprint density at radius 2 is 1.92 bits per heavy atom. The molecule has 132 valence electrons. The number of carbonyl (C=O) groups excluding carboxylic acids is 1. The Morgan fingerprint density at radius 3 is 2.58 bits per heavy atom. The Balaban J connectivity index is 1.75. The van der Waals surface area contributed by atoms with Gasteiger partial charge in [-0.3, -0.25) is 9.69 Å². The van der Waals surface area contributed by atoms with Gasteiger partial charge in [-0.05, 0) is 50.4 Å². The molecule has 1 saturated heterocycles. The summed E-state index contributed by atoms with van der Waals surface area (Å²) in [5, 5.41) is 0.0981. The molecule has 2 aliphatic rings. The van der Waals surface area contributed by atoms with Crippen molar-refractivity contribution < 1.29 is 17.6 Å². The number of nitrogens with one attached hydrogen (secondary N) is 1. The molecule has 1 heterocycles. The molecular formula is C16H20ClFN2O3S. The van der Waals surface area contributed by atoms with Gasteiger partial charge in [-0.25, -0.2) is 17.5 Å². The van der Waals surface area contributed by atoms with Gasteiger partial charge in [0.1, 0.15) is 10.7 Å². The van der Waals surface area contributed by atoms with Crippen LogP contribution in [0.5, 0.6) is 0 Å². The average molecular weight is 375 g/mol. The Morgan fingerprint density at radius 1 is 1.21 bits per heavy atom. The number of hydrogen-bond donors (Lipinski definition) is 1. The molecule has 3 rings (SSSR count). The normalized spacial score (nSPS) is 22.8. The number of benzene rings is 1. The van der Waals surface area contributed by atoms with Crippen LogP contribution in [0.25, 0.3) is 0 Å². The average Bonchev–Trinajstić information content (AvgIpc) is 3.17. The van der Waals surface area contributed by atoms with E-state index in [-0.39, 0.29) is 5.02 Å². The molecule has 1 atom stereocenters. The molecular weight excluding hydrogens is 355 g/mol. The van der Waals surface area contributed by atoms with Gasteiger partial charge in [-0.15, -0.1) is 0 Å². The predicted molar refractivity (Wildman–Crippen MR) is 88.7 cm³/mol. The minimum Gasteiger partial charge on any atom is -0.289 e. The summed E-state index contributed by atoms with van der Waals surface area (Å²) in [5.41, 5.74) is 0. The summed E-state index contributed by atoms with van der Waals surface area (Å²) in [6, 6.07) is 3.15. The molecule has 8 heteroatoms. The summed E-state index contributed by atoms with van der Waals surface area (Å²) >= 11 is 5.64. The molecule has 0 bridgehead atoms. The number of carbonyl (C=O) groups is 1. The van der Waals surface area contributed by atoms with Crippen LogP contribution in [0, 0.1) is 5.82 Å². The van der Waals surface area contributed by atoms with E-state index in [9.17, 15) is 17.6 Å². The van der Waals surface area contributed by atoms with Crippen molar-refractivity contribution >= 4 is 27.5 Å². The Labute approximate surface area is 146 Å². The fourth-order valence-electron chi connectivity index (χ4n) is 3.69. The lowest BCUT2D eigenvalue weighted by Crippen LogP contribution is -2.48. The van der Waals surface area contributed by atoms with E-state index in [0.717, 1.165) is 50.8 Å². The van der Waals surface area contributed by atoms with Gasteiger partial charge in [0, 0.05) is 11.1 Å². The molecule has 1 aromatic rings. The van der Waals surface area contributed by atoms with E-state index in [1.54, 1.807) is 0 Å². The predicted octanol–water partition coefficient (Wildman–Crippen LogP) is 2.69. The maximum absolute atomic E-state index is 13.9. The zero-order valence-electron chi connectivity index (χ0n) is 13.2. The van der Waals surface area contributed by atoms with Crippen molar-refractivity contribution in [2.24, 2.45) is 0 Å². The third-order valence-corrected chi connectivity index (χ3v) is 6.42. The molecule has 0 unspecified atom stereocenters. The van der Waals surface area contributed by atoms with Crippen molar-refractivity contribution in [1.29, 1.82) is 0 Å². The molecule has 1 N–H and O–H groups in total. The highest BCUT2D eigenvalue weighted by Crippen LogP contribution is 2.30. The molecule has 0 spiro atoms. The second kappa shape index (κ2) is 6.98. The van der Waals surface area contributed by atoms with Crippen molar-refractivity contribution in [3.8, 4) is 0 Å². The maximum atomic E-state index is 13.9. The van der Waals surface area contributed by atoms with Gasteiger partial charge < -0.3 is 0 Å². The van der Waals surface area contributed by atoms with Crippen molar-refractivity contribution in [2.75, 3.05) is 6.54 Å². The number of rotatable bonds is 4. The fraction of sp³-hybridized carbons (Fsp3) is 0.562. The molecule has 1 amide bonds. The van der Waals surface area contributed by atoms with Crippen LogP contribution >= 0.6 is 11.6 Å². The molecule has 24 heavy (non-hydrogen) atoms. The Bertz CT molecular complexity index is 735. The third-order valence-electron chi connectivity index (χ3n) is 4.81. The topological polar surface area (TPSA) is 66.5 Å². The van der Waals surface area contributed by atoms with Crippen molar-refractivity contribution in [1.82, 2.24) is 9.62 Å². The summed E-state index contributed by atoms with van der Waals surface area (Å²) in [6.07, 6.45) is 5.86. The van der Waals surface area contributed by atoms with Crippen molar-refractivity contribution in [3.05, 3.63) is 29.0 Å². The standard InChI is InChI=1S/C16H20ClFN2O3S/c17-11-7-8-15(13(18)10-11)24(22,23)19-16(21)14-6-3-9-20(14)12-4-1-2-5-12/h7-8,10,12,14H,1-6,9H2,(H,19,21)/t14-/m1/s1. The first-order valence-corrected chi connectivity index (χ1v) is 10.0. The van der Waals surface area contributed by atoms with Crippen LogP contribution in [0.15, 0.2) is 23.1 Å². The van der Waals surface area contributed by atoms with Crippen LogP contribution in [-0.4, -0.2) is 37.9 Å². The summed E-state index contributed by atoms with van der Waals surface area (Å²) in [4.78, 5) is 14.0. The Kier molecular flexibility index (Phi) is 5.13. The van der Waals surface area contributed by atoms with Gasteiger partial charge in [-0.2, -0.15) is 0 Å². The molecule has 1 saturated carbocycles. The highest BCUT2D eigenvalue weighted by atomic mass is 35.5. The number of nitrogens with zero attached hydrogens (tertiary/aromatic N) is 1. The van der Waals surface area contributed by atoms with Crippen molar-refractivity contribution in [2.45, 2.75) is 55.5 Å². The lowest BCUT2D eigenvalue weighted by Gasteiger charge is -2.29. The first-order chi connectivity index (χ1) is 11.4. The van der Waals surface area contributed by atoms with E-state index in [1.165, 1.54) is 6.07 Å². The second-order valence-electron chi connectivity index (χ2n) is 6.38. The maximum Gasteiger partial charge on any atom is 0.267 e. The minimum atomic E-state index is -4.25. The summed E-state index contributed by atoms with van der Waals surface area (Å²) in [6.45, 7) is 0.804. The molecule has 1 aromatic carbocycles. The minimum absolute atomic E-state index is 0.0981. The quantitative estimate of drug-likeness (QED) is 0.879. The van der Waals surface area contributed by atoms with Crippen LogP contribution in [0.2, 0.25) is 5.02 Å². The van der Waals surface area contributed by atoms with E-state index in [4.69, 9.17) is 11.6 Å². The van der Waals surface area contributed by atoms with Crippen LogP contribution in [0.4, 0.5) is 4.39 Å². The first-order valence-electron chi connectivity index (χ1n) is 8.16. The van der Waals surface area contributed by atoms with Gasteiger partial charge >= 0.3 is 0 Å². The highest BCUT2D eigenvalue weighted by Gasteiger charge is 2.38. The van der Waals surface area contributed by atoms with Gasteiger partial charge in [0.2, 0.25) is 0 Å². The Hall–Kier alpha value is -1.18. The zero-order chi connectivity index (χ0) is 17.3. The molecule has 0 radical (unpaired) electrons. The molecule has 2 fully saturated rings. The second-order valence-corrected chi connectivity index (χ2v) is 8.47. The smallest absolute Gasteiger partial charge is 0.267 e. The molecule has 1 aliphatic carbocycles. The lowest BCUT2D eigenvalue weighted by molar-refractivity contribution is -0.124. The lowest BCUT2D eigenvalue weighted by atomic mass is 10.1. The van der Waals surface area contributed by atoms with Crippen LogP contribution in [0.1, 0.15) is 38.5 Å². The fourth-order valence-corrected chi connectivity index (χ4v) is 4.92. The van der Waals surface area contributed by atoms with Gasteiger partial charge in [0.25, 0.3) is 15.9 Å². The summed E-state index contributed by atoms with van der Waals surface area (Å²) in [7, 11) is -4.25. The van der Waals surface area contributed by atoms with Crippen LogP contribution in [0.3, 0.4) is 0 Å². The van der Waals surface area contributed by atoms with Crippen LogP contribution < -0.4 is 4.72 Å². The zero-order valence-corrected chi connectivity index (χ0v) is 14.7. The highest BCUT2D eigenvalue weighted by molar-refractivity contribution is 7.90. The molecule has 0 aromatic heterocycles. The van der Waals surface area contributed by atoms with Gasteiger partial charge in [0.15, 0.2) is 0 Å².